The van der Waals surface area contributed by atoms with Crippen LogP contribution in [0, 0.1) is 0 Å². The summed E-state index contributed by atoms with van der Waals surface area (Å²) < 4.78 is 35.0. The van der Waals surface area contributed by atoms with Crippen LogP contribution in [0.2, 0.25) is 0 Å². The number of ether oxygens (including phenoxy) is 2. The van der Waals surface area contributed by atoms with E-state index in [1.807, 2.05) is 0 Å². The summed E-state index contributed by atoms with van der Waals surface area (Å²) in [6.45, 7) is 4.14. The molecule has 1 amide bonds. The second kappa shape index (κ2) is 8.88. The van der Waals surface area contributed by atoms with Crippen molar-refractivity contribution in [2.45, 2.75) is 31.1 Å². The van der Waals surface area contributed by atoms with Gasteiger partial charge >= 0.3 is 0 Å². The Morgan fingerprint density at radius 3 is 2.07 bits per heavy atom. The van der Waals surface area contributed by atoms with Crippen LogP contribution in [0.4, 0.5) is 0 Å². The largest absolute Gasteiger partial charge is 0.497 e. The Balaban J connectivity index is 2.11. The lowest BCUT2D eigenvalue weighted by Gasteiger charge is -2.12. The molecule has 0 spiro atoms. The quantitative estimate of drug-likeness (QED) is 0.674. The highest BCUT2D eigenvalue weighted by Gasteiger charge is 2.17. The lowest BCUT2D eigenvalue weighted by molar-refractivity contribution is 0.0944. The number of methoxy groups -OCH3 is 2. The molecule has 0 fully saturated rings. The van der Waals surface area contributed by atoms with E-state index in [4.69, 9.17) is 9.47 Å². The highest BCUT2D eigenvalue weighted by molar-refractivity contribution is 7.89. The van der Waals surface area contributed by atoms with Crippen molar-refractivity contribution >= 4 is 15.9 Å². The number of benzene rings is 2. The summed E-state index contributed by atoms with van der Waals surface area (Å²) in [6.07, 6.45) is 0.963. The normalized spacial score (nSPS) is 12.3. The van der Waals surface area contributed by atoms with Crippen molar-refractivity contribution in [1.29, 1.82) is 0 Å². The highest BCUT2D eigenvalue weighted by Crippen LogP contribution is 2.23. The summed E-state index contributed by atoms with van der Waals surface area (Å²) in [4.78, 5) is 14.5. The second-order valence-electron chi connectivity index (χ2n) is 6.04. The van der Waals surface area contributed by atoms with Crippen LogP contribution in [0.1, 0.15) is 42.1 Å². The number of nitrogens with one attached hydrogen (secondary N) is 2. The highest BCUT2D eigenvalue weighted by atomic mass is 32.2. The SMILES string of the molecule is CC[C@H](C)c1ccc(S(=O)(=O)NNC(=O)c2cc(OC)cc(OC)c2)cc1. The third-order valence-corrected chi connectivity index (χ3v) is 5.55. The maximum atomic E-state index is 12.4. The van der Waals surface area contributed by atoms with Crippen molar-refractivity contribution in [1.82, 2.24) is 10.3 Å². The predicted molar refractivity (Wildman–Crippen MR) is 102 cm³/mol. The van der Waals surface area contributed by atoms with Gasteiger partial charge in [0.05, 0.1) is 19.1 Å². The van der Waals surface area contributed by atoms with E-state index in [0.717, 1.165) is 12.0 Å². The molecule has 2 aromatic rings. The Labute approximate surface area is 159 Å². The van der Waals surface area contributed by atoms with Crippen LogP contribution in [0.15, 0.2) is 47.4 Å². The smallest absolute Gasteiger partial charge is 0.266 e. The van der Waals surface area contributed by atoms with Gasteiger partial charge in [-0.3, -0.25) is 10.2 Å². The van der Waals surface area contributed by atoms with Crippen molar-refractivity contribution in [2.24, 2.45) is 0 Å². The number of hydrogen-bond acceptors (Lipinski definition) is 5. The van der Waals surface area contributed by atoms with Gasteiger partial charge in [-0.2, -0.15) is 0 Å². The van der Waals surface area contributed by atoms with E-state index in [1.54, 1.807) is 18.2 Å². The molecule has 2 rings (SSSR count). The van der Waals surface area contributed by atoms with Gasteiger partial charge in [0.15, 0.2) is 0 Å². The number of rotatable bonds is 8. The molecule has 7 nitrogen and oxygen atoms in total. The number of sulfonamides is 1. The van der Waals surface area contributed by atoms with Gasteiger partial charge in [0.1, 0.15) is 11.5 Å². The van der Waals surface area contributed by atoms with Crippen molar-refractivity contribution < 1.29 is 22.7 Å². The van der Waals surface area contributed by atoms with Crippen LogP contribution >= 0.6 is 0 Å². The minimum Gasteiger partial charge on any atom is -0.497 e. The third kappa shape index (κ3) is 5.21. The molecule has 0 aliphatic carbocycles. The molecule has 27 heavy (non-hydrogen) atoms. The van der Waals surface area contributed by atoms with Gasteiger partial charge in [-0.25, -0.2) is 8.42 Å². The lowest BCUT2D eigenvalue weighted by Crippen LogP contribution is -2.41. The Kier molecular flexibility index (Phi) is 6.81. The maximum absolute atomic E-state index is 12.4. The zero-order valence-corrected chi connectivity index (χ0v) is 16.6. The van der Waals surface area contributed by atoms with Gasteiger partial charge in [-0.1, -0.05) is 26.0 Å². The molecule has 2 aromatic carbocycles. The van der Waals surface area contributed by atoms with Crippen molar-refractivity contribution in [3.63, 3.8) is 0 Å². The first-order valence-corrected chi connectivity index (χ1v) is 9.94. The van der Waals surface area contributed by atoms with Crippen LogP contribution < -0.4 is 19.7 Å². The fourth-order valence-corrected chi connectivity index (χ4v) is 3.23. The van der Waals surface area contributed by atoms with Gasteiger partial charge in [0.2, 0.25) is 0 Å². The fraction of sp³-hybridized carbons (Fsp3) is 0.316. The first kappa shape index (κ1) is 20.7. The molecular weight excluding hydrogens is 368 g/mol. The van der Waals surface area contributed by atoms with Gasteiger partial charge in [-0.05, 0) is 42.2 Å². The van der Waals surface area contributed by atoms with Gasteiger partial charge in [0.25, 0.3) is 15.9 Å². The summed E-state index contributed by atoms with van der Waals surface area (Å²) in [5.41, 5.74) is 3.46. The summed E-state index contributed by atoms with van der Waals surface area (Å²) >= 11 is 0. The standard InChI is InChI=1S/C19H24N2O5S/c1-5-13(2)14-6-8-18(9-7-14)27(23,24)21-20-19(22)15-10-16(25-3)12-17(11-15)26-4/h6-13,21H,5H2,1-4H3,(H,20,22)/t13-/m0/s1. The molecular formula is C19H24N2O5S. The van der Waals surface area contributed by atoms with Gasteiger partial charge in [-0.15, -0.1) is 4.83 Å². The number of hydrogen-bond donors (Lipinski definition) is 2. The third-order valence-electron chi connectivity index (χ3n) is 4.28. The van der Waals surface area contributed by atoms with Crippen molar-refractivity contribution in [3.05, 3.63) is 53.6 Å². The number of amides is 1. The Morgan fingerprint density at radius 1 is 1.04 bits per heavy atom. The maximum Gasteiger partial charge on any atom is 0.266 e. The van der Waals surface area contributed by atoms with E-state index in [2.05, 4.69) is 24.1 Å². The molecule has 146 valence electrons. The molecule has 0 aliphatic rings. The molecule has 0 saturated heterocycles. The van der Waals surface area contributed by atoms with E-state index < -0.39 is 15.9 Å². The molecule has 0 aromatic heterocycles. The first-order chi connectivity index (χ1) is 12.8. The molecule has 0 heterocycles. The molecule has 0 aliphatic heterocycles. The topological polar surface area (TPSA) is 93.7 Å². The molecule has 1 atom stereocenters. The van der Waals surface area contributed by atoms with Gasteiger partial charge in [0, 0.05) is 11.6 Å². The molecule has 2 N–H and O–H groups in total. The predicted octanol–water partition coefficient (Wildman–Crippen LogP) is 2.84. The van der Waals surface area contributed by atoms with Crippen LogP contribution in [-0.2, 0) is 10.0 Å². The summed E-state index contributed by atoms with van der Waals surface area (Å²) in [5.74, 6) is 0.551. The van der Waals surface area contributed by atoms with E-state index >= 15 is 0 Å². The number of hydrazine groups is 1. The Hall–Kier alpha value is -2.58. The zero-order chi connectivity index (χ0) is 20.0. The lowest BCUT2D eigenvalue weighted by atomic mass is 9.99. The van der Waals surface area contributed by atoms with Crippen LogP contribution in [-0.4, -0.2) is 28.5 Å². The monoisotopic (exact) mass is 392 g/mol. The summed E-state index contributed by atoms with van der Waals surface area (Å²) in [5, 5.41) is 0. The van der Waals surface area contributed by atoms with E-state index in [9.17, 15) is 13.2 Å². The molecule has 0 unspecified atom stereocenters. The molecule has 0 radical (unpaired) electrons. The average molecular weight is 392 g/mol. The van der Waals surface area contributed by atoms with Crippen molar-refractivity contribution in [3.8, 4) is 11.5 Å². The average Bonchev–Trinajstić information content (AvgIpc) is 2.70. The minimum absolute atomic E-state index is 0.0677. The van der Waals surface area contributed by atoms with E-state index in [0.29, 0.717) is 17.4 Å². The summed E-state index contributed by atoms with van der Waals surface area (Å²) in [7, 11) is -0.967. The second-order valence-corrected chi connectivity index (χ2v) is 7.72. The van der Waals surface area contributed by atoms with E-state index in [-0.39, 0.29) is 10.5 Å². The van der Waals surface area contributed by atoms with Crippen LogP contribution in [0.5, 0.6) is 11.5 Å². The molecule has 0 bridgehead atoms. The molecule has 8 heteroatoms. The zero-order valence-electron chi connectivity index (χ0n) is 15.8. The van der Waals surface area contributed by atoms with Crippen molar-refractivity contribution in [2.75, 3.05) is 14.2 Å². The van der Waals surface area contributed by atoms with Gasteiger partial charge < -0.3 is 9.47 Å². The van der Waals surface area contributed by atoms with E-state index in [1.165, 1.54) is 38.5 Å². The Morgan fingerprint density at radius 2 is 1.59 bits per heavy atom. The molecule has 0 saturated carbocycles. The van der Waals surface area contributed by atoms with Crippen LogP contribution in [0.3, 0.4) is 0 Å². The number of carbonyl (C=O) groups is 1. The Bertz CT molecular complexity index is 873. The minimum atomic E-state index is -3.89. The first-order valence-electron chi connectivity index (χ1n) is 8.46. The fourth-order valence-electron chi connectivity index (χ4n) is 2.39. The summed E-state index contributed by atoms with van der Waals surface area (Å²) in [6, 6.07) is 11.2. The number of carbonyl (C=O) groups excluding carboxylic acids is 1. The van der Waals surface area contributed by atoms with Crippen LogP contribution in [0.25, 0.3) is 0 Å².